The lowest BCUT2D eigenvalue weighted by Gasteiger charge is -2.31. The number of aromatic amines is 1. The van der Waals surface area contributed by atoms with Crippen molar-refractivity contribution in [1.82, 2.24) is 14.5 Å². The Morgan fingerprint density at radius 1 is 1.18 bits per heavy atom. The number of piperidine rings is 1. The van der Waals surface area contributed by atoms with E-state index in [1.54, 1.807) is 11.7 Å². The van der Waals surface area contributed by atoms with Crippen molar-refractivity contribution in [1.29, 1.82) is 0 Å². The van der Waals surface area contributed by atoms with Crippen LogP contribution >= 0.6 is 0 Å². The molecule has 0 amide bonds. The molecule has 6 nitrogen and oxygen atoms in total. The topological polar surface area (TPSA) is 59.5 Å². The zero-order chi connectivity index (χ0) is 23.5. The van der Waals surface area contributed by atoms with Crippen molar-refractivity contribution >= 4 is 10.9 Å². The summed E-state index contributed by atoms with van der Waals surface area (Å²) in [4.78, 5) is 18.3. The van der Waals surface area contributed by atoms with E-state index in [0.717, 1.165) is 60.9 Å². The van der Waals surface area contributed by atoms with Crippen LogP contribution in [0, 0.1) is 12.8 Å². The Kier molecular flexibility index (Phi) is 7.25. The monoisotopic (exact) mass is 451 g/mol. The van der Waals surface area contributed by atoms with Gasteiger partial charge in [-0.1, -0.05) is 13.8 Å². The number of fused-ring (bicyclic) bond motifs is 1. The van der Waals surface area contributed by atoms with Crippen molar-refractivity contribution in [2.45, 2.75) is 39.5 Å². The van der Waals surface area contributed by atoms with E-state index in [1.807, 2.05) is 26.2 Å². The lowest BCUT2D eigenvalue weighted by atomic mass is 9.96. The third kappa shape index (κ3) is 5.17. The Hall–Kier alpha value is -2.57. The van der Waals surface area contributed by atoms with Gasteiger partial charge in [-0.3, -0.25) is 4.79 Å². The molecule has 3 aromatic rings. The van der Waals surface area contributed by atoms with E-state index < -0.39 is 0 Å². The smallest absolute Gasteiger partial charge is 0.253 e. The van der Waals surface area contributed by atoms with Crippen molar-refractivity contribution in [2.24, 2.45) is 13.0 Å². The van der Waals surface area contributed by atoms with Gasteiger partial charge in [0.1, 0.15) is 5.75 Å². The highest BCUT2D eigenvalue weighted by Crippen LogP contribution is 2.37. The number of rotatable bonds is 8. The molecule has 6 heteroatoms. The van der Waals surface area contributed by atoms with Crippen molar-refractivity contribution < 1.29 is 9.47 Å². The van der Waals surface area contributed by atoms with Crippen LogP contribution < -0.4 is 10.3 Å². The third-order valence-corrected chi connectivity index (χ3v) is 6.84. The average molecular weight is 452 g/mol. The number of ether oxygens (including phenoxy) is 2. The molecule has 178 valence electrons. The van der Waals surface area contributed by atoms with Crippen molar-refractivity contribution in [3.8, 4) is 17.0 Å². The summed E-state index contributed by atoms with van der Waals surface area (Å²) < 4.78 is 13.1. The Labute approximate surface area is 196 Å². The van der Waals surface area contributed by atoms with E-state index in [9.17, 15) is 4.79 Å². The van der Waals surface area contributed by atoms with Gasteiger partial charge in [-0.2, -0.15) is 0 Å². The summed E-state index contributed by atoms with van der Waals surface area (Å²) in [7, 11) is 3.57. The summed E-state index contributed by atoms with van der Waals surface area (Å²) in [5, 5.41) is 1.19. The number of H-pyrrole nitrogens is 1. The highest BCUT2D eigenvalue weighted by molar-refractivity contribution is 5.92. The molecule has 0 aliphatic carbocycles. The zero-order valence-electron chi connectivity index (χ0n) is 20.6. The minimum absolute atomic E-state index is 0.0428. The number of benzene rings is 1. The standard InChI is InChI=1S/C27H37N3O3/c1-18(2)25-23-15-22(33-17-20-8-10-30(11-9-20)12-13-32-5)6-7-24(23)28-26(25)21-14-19(3)27(31)29(4)16-21/h6-7,14-16,18,20,28H,8-13,17H2,1-5H3. The third-order valence-electron chi connectivity index (χ3n) is 6.84. The molecule has 1 aromatic carbocycles. The zero-order valence-corrected chi connectivity index (χ0v) is 20.6. The molecule has 2 aromatic heterocycles. The molecule has 3 heterocycles. The van der Waals surface area contributed by atoms with Gasteiger partial charge in [-0.25, -0.2) is 0 Å². The van der Waals surface area contributed by atoms with E-state index in [1.165, 1.54) is 23.8 Å². The maximum absolute atomic E-state index is 12.2. The van der Waals surface area contributed by atoms with E-state index in [0.29, 0.717) is 11.8 Å². The Morgan fingerprint density at radius 2 is 1.94 bits per heavy atom. The van der Waals surface area contributed by atoms with Gasteiger partial charge in [0.05, 0.1) is 18.9 Å². The highest BCUT2D eigenvalue weighted by atomic mass is 16.5. The van der Waals surface area contributed by atoms with Crippen LogP contribution in [0.1, 0.15) is 43.7 Å². The van der Waals surface area contributed by atoms with Crippen molar-refractivity contribution in [2.75, 3.05) is 40.0 Å². The quantitative estimate of drug-likeness (QED) is 0.539. The lowest BCUT2D eigenvalue weighted by Crippen LogP contribution is -2.37. The number of nitrogens with zero attached hydrogens (tertiary/aromatic N) is 2. The minimum atomic E-state index is 0.0428. The van der Waals surface area contributed by atoms with E-state index in [2.05, 4.69) is 41.9 Å². The summed E-state index contributed by atoms with van der Waals surface area (Å²) >= 11 is 0. The number of aromatic nitrogens is 2. The molecule has 0 spiro atoms. The summed E-state index contributed by atoms with van der Waals surface area (Å²) in [5.41, 5.74) is 5.28. The second-order valence-electron chi connectivity index (χ2n) is 9.69. The molecule has 1 N–H and O–H groups in total. The lowest BCUT2D eigenvalue weighted by molar-refractivity contribution is 0.105. The van der Waals surface area contributed by atoms with Crippen LogP contribution in [0.5, 0.6) is 5.75 Å². The van der Waals surface area contributed by atoms with Crippen molar-refractivity contribution in [3.63, 3.8) is 0 Å². The van der Waals surface area contributed by atoms with E-state index in [4.69, 9.17) is 9.47 Å². The van der Waals surface area contributed by atoms with Crippen LogP contribution in [0.3, 0.4) is 0 Å². The molecule has 0 unspecified atom stereocenters. The summed E-state index contributed by atoms with van der Waals surface area (Å²) in [6, 6.07) is 8.33. The summed E-state index contributed by atoms with van der Waals surface area (Å²) in [6.07, 6.45) is 4.26. The maximum atomic E-state index is 12.2. The van der Waals surface area contributed by atoms with Crippen LogP contribution in [-0.4, -0.2) is 54.4 Å². The normalized spacial score (nSPS) is 15.6. The Balaban J connectivity index is 1.53. The predicted octanol–water partition coefficient (Wildman–Crippen LogP) is 4.70. The number of nitrogens with one attached hydrogen (secondary N) is 1. The first-order chi connectivity index (χ1) is 15.9. The fraction of sp³-hybridized carbons (Fsp3) is 0.519. The average Bonchev–Trinajstić information content (AvgIpc) is 3.19. The van der Waals surface area contributed by atoms with Crippen LogP contribution in [0.2, 0.25) is 0 Å². The van der Waals surface area contributed by atoms with Gasteiger partial charge in [0, 0.05) is 48.9 Å². The number of pyridine rings is 1. The van der Waals surface area contributed by atoms with Crippen LogP contribution in [0.25, 0.3) is 22.2 Å². The summed E-state index contributed by atoms with van der Waals surface area (Å²) in [5.74, 6) is 1.85. The van der Waals surface area contributed by atoms with Gasteiger partial charge < -0.3 is 23.9 Å². The van der Waals surface area contributed by atoms with Crippen LogP contribution in [0.15, 0.2) is 35.3 Å². The Bertz CT molecular complexity index is 1130. The Morgan fingerprint density at radius 3 is 2.61 bits per heavy atom. The molecule has 1 aliphatic heterocycles. The molecule has 1 aliphatic rings. The number of likely N-dealkylation sites (tertiary alicyclic amines) is 1. The van der Waals surface area contributed by atoms with E-state index >= 15 is 0 Å². The van der Waals surface area contributed by atoms with Gasteiger partial charge >= 0.3 is 0 Å². The number of hydrogen-bond donors (Lipinski definition) is 1. The van der Waals surface area contributed by atoms with Crippen LogP contribution in [0.4, 0.5) is 0 Å². The fourth-order valence-corrected chi connectivity index (χ4v) is 4.93. The first-order valence-electron chi connectivity index (χ1n) is 12.0. The molecule has 0 bridgehead atoms. The van der Waals surface area contributed by atoms with Crippen molar-refractivity contribution in [3.05, 3.63) is 51.9 Å². The molecule has 33 heavy (non-hydrogen) atoms. The molecule has 1 saturated heterocycles. The SMILES string of the molecule is COCCN1CCC(COc2ccc3[nH]c(-c4cc(C)c(=O)n(C)c4)c(C(C)C)c3c2)CC1. The first-order valence-corrected chi connectivity index (χ1v) is 12.0. The second-order valence-corrected chi connectivity index (χ2v) is 9.69. The predicted molar refractivity (Wildman–Crippen MR) is 134 cm³/mol. The highest BCUT2D eigenvalue weighted by Gasteiger charge is 2.21. The molecule has 1 fully saturated rings. The van der Waals surface area contributed by atoms with Gasteiger partial charge in [0.25, 0.3) is 5.56 Å². The van der Waals surface area contributed by atoms with Crippen LogP contribution in [-0.2, 0) is 11.8 Å². The largest absolute Gasteiger partial charge is 0.493 e. The molecule has 4 rings (SSSR count). The summed E-state index contributed by atoms with van der Waals surface area (Å²) in [6.45, 7) is 11.1. The van der Waals surface area contributed by atoms with E-state index in [-0.39, 0.29) is 5.56 Å². The van der Waals surface area contributed by atoms with Gasteiger partial charge in [0.2, 0.25) is 0 Å². The fourth-order valence-electron chi connectivity index (χ4n) is 4.93. The van der Waals surface area contributed by atoms with Gasteiger partial charge in [-0.15, -0.1) is 0 Å². The molecular formula is C27H37N3O3. The maximum Gasteiger partial charge on any atom is 0.253 e. The molecule has 0 radical (unpaired) electrons. The minimum Gasteiger partial charge on any atom is -0.493 e. The second kappa shape index (κ2) is 10.1. The number of aryl methyl sites for hydroxylation is 2. The van der Waals surface area contributed by atoms with Gasteiger partial charge in [0.15, 0.2) is 0 Å². The number of methoxy groups -OCH3 is 1. The molecule has 0 atom stereocenters. The molecular weight excluding hydrogens is 414 g/mol. The molecule has 0 saturated carbocycles. The van der Waals surface area contributed by atoms with Gasteiger partial charge in [-0.05, 0) is 74.5 Å². The number of hydrogen-bond acceptors (Lipinski definition) is 4. The first kappa shape index (κ1) is 23.6.